The molecule has 0 aromatic carbocycles. The van der Waals surface area contributed by atoms with E-state index in [4.69, 9.17) is 0 Å². The highest BCUT2D eigenvalue weighted by Gasteiger charge is 2.20. The van der Waals surface area contributed by atoms with Crippen LogP contribution in [0, 0.1) is 17.3 Å². The second kappa shape index (κ2) is 4.45. The van der Waals surface area contributed by atoms with E-state index < -0.39 is 0 Å². The lowest BCUT2D eigenvalue weighted by Crippen LogP contribution is -2.16. The van der Waals surface area contributed by atoms with Crippen molar-refractivity contribution in [2.75, 3.05) is 13.1 Å². The first-order chi connectivity index (χ1) is 5.97. The summed E-state index contributed by atoms with van der Waals surface area (Å²) in [6.45, 7) is 11.9. The first kappa shape index (κ1) is 11.0. The van der Waals surface area contributed by atoms with Crippen LogP contribution in [0.5, 0.6) is 0 Å². The maximum absolute atomic E-state index is 3.44. The normalized spacial score (nSPS) is 26.3. The number of rotatable bonds is 3. The summed E-state index contributed by atoms with van der Waals surface area (Å²) in [6.07, 6.45) is 4.18. The van der Waals surface area contributed by atoms with Gasteiger partial charge in [-0.25, -0.2) is 0 Å². The van der Waals surface area contributed by atoms with E-state index in [1.165, 1.54) is 32.4 Å². The molecule has 1 fully saturated rings. The molecule has 1 aliphatic rings. The summed E-state index contributed by atoms with van der Waals surface area (Å²) in [6, 6.07) is 0. The Balaban J connectivity index is 2.20. The van der Waals surface area contributed by atoms with E-state index in [0.717, 1.165) is 11.8 Å². The van der Waals surface area contributed by atoms with Gasteiger partial charge in [-0.15, -0.1) is 0 Å². The van der Waals surface area contributed by atoms with Gasteiger partial charge >= 0.3 is 0 Å². The standard InChI is InChI=1S/C12H25N/c1-10(8-12(2,3)4)7-11-5-6-13-9-11/h10-11,13H,5-9H2,1-4H3. The molecule has 1 N–H and O–H groups in total. The quantitative estimate of drug-likeness (QED) is 0.709. The summed E-state index contributed by atoms with van der Waals surface area (Å²) in [5.74, 6) is 1.85. The van der Waals surface area contributed by atoms with E-state index in [9.17, 15) is 0 Å². The fourth-order valence-corrected chi connectivity index (χ4v) is 2.61. The van der Waals surface area contributed by atoms with Gasteiger partial charge in [0, 0.05) is 0 Å². The average Bonchev–Trinajstić information content (AvgIpc) is 2.34. The molecule has 13 heavy (non-hydrogen) atoms. The van der Waals surface area contributed by atoms with Gasteiger partial charge in [-0.2, -0.15) is 0 Å². The molecular weight excluding hydrogens is 158 g/mol. The first-order valence-corrected chi connectivity index (χ1v) is 5.68. The Labute approximate surface area is 83.3 Å². The van der Waals surface area contributed by atoms with Crippen LogP contribution < -0.4 is 5.32 Å². The monoisotopic (exact) mass is 183 g/mol. The molecule has 1 heteroatoms. The molecule has 0 amide bonds. The number of hydrogen-bond acceptors (Lipinski definition) is 1. The Morgan fingerprint density at radius 3 is 2.54 bits per heavy atom. The maximum Gasteiger partial charge on any atom is -0.00199 e. The van der Waals surface area contributed by atoms with Crippen molar-refractivity contribution >= 4 is 0 Å². The van der Waals surface area contributed by atoms with Crippen molar-refractivity contribution in [3.8, 4) is 0 Å². The minimum absolute atomic E-state index is 0.505. The van der Waals surface area contributed by atoms with Gasteiger partial charge in [-0.1, -0.05) is 27.7 Å². The molecule has 0 saturated carbocycles. The van der Waals surface area contributed by atoms with E-state index >= 15 is 0 Å². The number of nitrogens with one attached hydrogen (secondary N) is 1. The molecule has 0 bridgehead atoms. The van der Waals surface area contributed by atoms with E-state index in [1.807, 2.05) is 0 Å². The van der Waals surface area contributed by atoms with Gasteiger partial charge < -0.3 is 5.32 Å². The van der Waals surface area contributed by atoms with Gasteiger partial charge in [0.2, 0.25) is 0 Å². The minimum Gasteiger partial charge on any atom is -0.316 e. The van der Waals surface area contributed by atoms with Crippen LogP contribution in [-0.2, 0) is 0 Å². The second-order valence-corrected chi connectivity index (χ2v) is 5.96. The topological polar surface area (TPSA) is 12.0 Å². The summed E-state index contributed by atoms with van der Waals surface area (Å²) in [5, 5.41) is 3.44. The largest absolute Gasteiger partial charge is 0.316 e. The Hall–Kier alpha value is -0.0400. The van der Waals surface area contributed by atoms with Crippen molar-refractivity contribution in [1.29, 1.82) is 0 Å². The van der Waals surface area contributed by atoms with Crippen LogP contribution in [0.15, 0.2) is 0 Å². The molecule has 0 aromatic heterocycles. The van der Waals surface area contributed by atoms with Crippen LogP contribution >= 0.6 is 0 Å². The van der Waals surface area contributed by atoms with Gasteiger partial charge in [0.15, 0.2) is 0 Å². The zero-order chi connectivity index (χ0) is 9.90. The van der Waals surface area contributed by atoms with Crippen LogP contribution in [0.2, 0.25) is 0 Å². The highest BCUT2D eigenvalue weighted by atomic mass is 14.9. The fraction of sp³-hybridized carbons (Fsp3) is 1.00. The third-order valence-electron chi connectivity index (χ3n) is 2.86. The third kappa shape index (κ3) is 4.66. The molecule has 78 valence electrons. The average molecular weight is 183 g/mol. The molecule has 0 aliphatic carbocycles. The zero-order valence-electron chi connectivity index (χ0n) is 9.69. The summed E-state index contributed by atoms with van der Waals surface area (Å²) >= 11 is 0. The van der Waals surface area contributed by atoms with Crippen LogP contribution in [-0.4, -0.2) is 13.1 Å². The molecule has 1 aliphatic heterocycles. The van der Waals surface area contributed by atoms with Gasteiger partial charge in [0.05, 0.1) is 0 Å². The molecule has 0 spiro atoms. The van der Waals surface area contributed by atoms with Crippen LogP contribution in [0.3, 0.4) is 0 Å². The van der Waals surface area contributed by atoms with Gasteiger partial charge in [-0.05, 0) is 49.6 Å². The van der Waals surface area contributed by atoms with Gasteiger partial charge in [0.25, 0.3) is 0 Å². The fourth-order valence-electron chi connectivity index (χ4n) is 2.61. The Morgan fingerprint density at radius 2 is 2.08 bits per heavy atom. The molecule has 2 unspecified atom stereocenters. The predicted molar refractivity (Wildman–Crippen MR) is 58.8 cm³/mol. The lowest BCUT2D eigenvalue weighted by molar-refractivity contribution is 0.273. The van der Waals surface area contributed by atoms with Crippen LogP contribution in [0.1, 0.15) is 47.0 Å². The summed E-state index contributed by atoms with van der Waals surface area (Å²) in [4.78, 5) is 0. The van der Waals surface area contributed by atoms with Crippen molar-refractivity contribution in [2.24, 2.45) is 17.3 Å². The second-order valence-electron chi connectivity index (χ2n) is 5.96. The highest BCUT2D eigenvalue weighted by molar-refractivity contribution is 4.75. The molecule has 2 atom stereocenters. The Morgan fingerprint density at radius 1 is 1.38 bits per heavy atom. The molecule has 0 aromatic rings. The number of hydrogen-bond donors (Lipinski definition) is 1. The van der Waals surface area contributed by atoms with Crippen molar-refractivity contribution in [3.63, 3.8) is 0 Å². The van der Waals surface area contributed by atoms with E-state index in [2.05, 4.69) is 33.0 Å². The SMILES string of the molecule is CC(CC1CCNC1)CC(C)(C)C. The van der Waals surface area contributed by atoms with Crippen molar-refractivity contribution in [1.82, 2.24) is 5.32 Å². The lowest BCUT2D eigenvalue weighted by atomic mass is 9.81. The molecule has 1 saturated heterocycles. The Bertz CT molecular complexity index is 140. The highest BCUT2D eigenvalue weighted by Crippen LogP contribution is 2.29. The van der Waals surface area contributed by atoms with Gasteiger partial charge in [-0.3, -0.25) is 0 Å². The summed E-state index contributed by atoms with van der Waals surface area (Å²) in [7, 11) is 0. The van der Waals surface area contributed by atoms with Crippen LogP contribution in [0.4, 0.5) is 0 Å². The summed E-state index contributed by atoms with van der Waals surface area (Å²) < 4.78 is 0. The molecule has 0 radical (unpaired) electrons. The first-order valence-electron chi connectivity index (χ1n) is 5.68. The Kier molecular flexibility index (Phi) is 3.78. The van der Waals surface area contributed by atoms with Crippen LogP contribution in [0.25, 0.3) is 0 Å². The molecule has 1 rings (SSSR count). The molecule has 1 nitrogen and oxygen atoms in total. The zero-order valence-corrected chi connectivity index (χ0v) is 9.69. The van der Waals surface area contributed by atoms with Gasteiger partial charge in [0.1, 0.15) is 0 Å². The minimum atomic E-state index is 0.505. The van der Waals surface area contributed by atoms with E-state index in [1.54, 1.807) is 0 Å². The van der Waals surface area contributed by atoms with Crippen molar-refractivity contribution in [3.05, 3.63) is 0 Å². The lowest BCUT2D eigenvalue weighted by Gasteiger charge is -2.24. The smallest absolute Gasteiger partial charge is 0.00199 e. The molecule has 1 heterocycles. The maximum atomic E-state index is 3.44. The predicted octanol–water partition coefficient (Wildman–Crippen LogP) is 3.06. The summed E-state index contributed by atoms with van der Waals surface area (Å²) in [5.41, 5.74) is 0.505. The van der Waals surface area contributed by atoms with Crippen molar-refractivity contribution in [2.45, 2.75) is 47.0 Å². The van der Waals surface area contributed by atoms with E-state index in [-0.39, 0.29) is 0 Å². The van der Waals surface area contributed by atoms with E-state index in [0.29, 0.717) is 5.41 Å². The molecular formula is C12H25N. The van der Waals surface area contributed by atoms with Crippen molar-refractivity contribution < 1.29 is 0 Å². The third-order valence-corrected chi connectivity index (χ3v) is 2.86.